The minimum Gasteiger partial charge on any atom is -0.454 e. The van der Waals surface area contributed by atoms with Crippen molar-refractivity contribution in [3.63, 3.8) is 0 Å². The van der Waals surface area contributed by atoms with E-state index in [-0.39, 0.29) is 19.3 Å². The van der Waals surface area contributed by atoms with Crippen LogP contribution in [0.25, 0.3) is 0 Å². The number of ether oxygens (including phenoxy) is 3. The number of halogens is 1. The molecule has 2 aliphatic heterocycles. The summed E-state index contributed by atoms with van der Waals surface area (Å²) in [5, 5.41) is 12.8. The average molecular weight is 314 g/mol. The molecule has 0 aromatic heterocycles. The van der Waals surface area contributed by atoms with Gasteiger partial charge in [0.1, 0.15) is 0 Å². The molecule has 0 radical (unpaired) electrons. The van der Waals surface area contributed by atoms with Crippen molar-refractivity contribution in [1.82, 2.24) is 5.32 Å². The van der Waals surface area contributed by atoms with Gasteiger partial charge in [-0.05, 0) is 25.0 Å². The van der Waals surface area contributed by atoms with Gasteiger partial charge in [-0.2, -0.15) is 0 Å². The normalized spacial score (nSPS) is 19.3. The van der Waals surface area contributed by atoms with Crippen LogP contribution in [0.5, 0.6) is 11.5 Å². The molecule has 0 bridgehead atoms. The molecule has 0 spiro atoms. The Morgan fingerprint density at radius 1 is 1.33 bits per heavy atom. The minimum absolute atomic E-state index is 0.0953. The highest BCUT2D eigenvalue weighted by molar-refractivity contribution is 6.32. The van der Waals surface area contributed by atoms with Crippen molar-refractivity contribution < 1.29 is 24.1 Å². The number of nitrogens with one attached hydrogen (secondary N) is 1. The standard InChI is InChI=1S/C14H16ClNO5/c15-10-5-9(6-11-12(10)21-8-20-11)13(18)16-14(7-17)1-3-19-4-2-14/h5-6,17H,1-4,7-8H2,(H,16,18). The molecular weight excluding hydrogens is 298 g/mol. The van der Waals surface area contributed by atoms with Crippen molar-refractivity contribution in [2.45, 2.75) is 18.4 Å². The van der Waals surface area contributed by atoms with Gasteiger partial charge in [-0.15, -0.1) is 0 Å². The van der Waals surface area contributed by atoms with E-state index in [2.05, 4.69) is 5.32 Å². The fourth-order valence-electron chi connectivity index (χ4n) is 2.50. The van der Waals surface area contributed by atoms with Gasteiger partial charge < -0.3 is 24.6 Å². The van der Waals surface area contributed by atoms with Gasteiger partial charge in [0.15, 0.2) is 11.5 Å². The van der Waals surface area contributed by atoms with Gasteiger partial charge in [0.05, 0.1) is 17.2 Å². The van der Waals surface area contributed by atoms with Crippen LogP contribution in [0.15, 0.2) is 12.1 Å². The van der Waals surface area contributed by atoms with Crippen LogP contribution in [-0.2, 0) is 4.74 Å². The molecule has 3 rings (SSSR count). The van der Waals surface area contributed by atoms with E-state index in [9.17, 15) is 9.90 Å². The molecule has 114 valence electrons. The molecule has 0 atom stereocenters. The zero-order valence-corrected chi connectivity index (χ0v) is 12.1. The molecule has 21 heavy (non-hydrogen) atoms. The third-order valence-electron chi connectivity index (χ3n) is 3.82. The van der Waals surface area contributed by atoms with E-state index in [1.54, 1.807) is 6.07 Å². The Hall–Kier alpha value is -1.50. The summed E-state index contributed by atoms with van der Waals surface area (Å²) in [5.74, 6) is 0.611. The summed E-state index contributed by atoms with van der Waals surface area (Å²) >= 11 is 6.08. The van der Waals surface area contributed by atoms with Crippen LogP contribution >= 0.6 is 11.6 Å². The largest absolute Gasteiger partial charge is 0.454 e. The molecule has 1 aromatic rings. The number of fused-ring (bicyclic) bond motifs is 1. The quantitative estimate of drug-likeness (QED) is 0.880. The van der Waals surface area contributed by atoms with Crippen LogP contribution in [0.2, 0.25) is 5.02 Å². The molecule has 1 aromatic carbocycles. The lowest BCUT2D eigenvalue weighted by molar-refractivity contribution is 0.0125. The van der Waals surface area contributed by atoms with Crippen LogP contribution in [0.3, 0.4) is 0 Å². The fraction of sp³-hybridized carbons (Fsp3) is 0.500. The van der Waals surface area contributed by atoms with Gasteiger partial charge in [0.25, 0.3) is 5.91 Å². The number of benzene rings is 1. The van der Waals surface area contributed by atoms with E-state index in [0.29, 0.717) is 48.1 Å². The molecular formula is C14H16ClNO5. The summed E-state index contributed by atoms with van der Waals surface area (Å²) < 4.78 is 15.7. The molecule has 1 amide bonds. The Labute approximate surface area is 126 Å². The lowest BCUT2D eigenvalue weighted by atomic mass is 9.90. The van der Waals surface area contributed by atoms with E-state index in [1.807, 2.05) is 0 Å². The van der Waals surface area contributed by atoms with E-state index >= 15 is 0 Å². The van der Waals surface area contributed by atoms with Crippen molar-refractivity contribution in [3.8, 4) is 11.5 Å². The number of amides is 1. The van der Waals surface area contributed by atoms with Gasteiger partial charge in [0, 0.05) is 18.8 Å². The van der Waals surface area contributed by atoms with Gasteiger partial charge in [-0.25, -0.2) is 0 Å². The van der Waals surface area contributed by atoms with Crippen molar-refractivity contribution in [2.75, 3.05) is 26.6 Å². The highest BCUT2D eigenvalue weighted by Crippen LogP contribution is 2.39. The zero-order valence-electron chi connectivity index (χ0n) is 11.4. The van der Waals surface area contributed by atoms with Crippen molar-refractivity contribution in [2.24, 2.45) is 0 Å². The summed E-state index contributed by atoms with van der Waals surface area (Å²) in [4.78, 5) is 12.4. The number of carbonyl (C=O) groups is 1. The Morgan fingerprint density at radius 3 is 2.81 bits per heavy atom. The zero-order chi connectivity index (χ0) is 14.9. The third-order valence-corrected chi connectivity index (χ3v) is 4.10. The number of hydrogen-bond donors (Lipinski definition) is 2. The first-order valence-electron chi connectivity index (χ1n) is 6.74. The van der Waals surface area contributed by atoms with Gasteiger partial charge in [-0.1, -0.05) is 11.6 Å². The molecule has 0 unspecified atom stereocenters. The maximum atomic E-state index is 12.4. The predicted octanol–water partition coefficient (Wildman–Crippen LogP) is 1.34. The van der Waals surface area contributed by atoms with E-state index in [4.69, 9.17) is 25.8 Å². The van der Waals surface area contributed by atoms with Crippen LogP contribution in [-0.4, -0.2) is 43.2 Å². The van der Waals surface area contributed by atoms with E-state index in [0.717, 1.165) is 0 Å². The Morgan fingerprint density at radius 2 is 2.10 bits per heavy atom. The fourth-order valence-corrected chi connectivity index (χ4v) is 2.76. The second kappa shape index (κ2) is 5.71. The summed E-state index contributed by atoms with van der Waals surface area (Å²) in [6.07, 6.45) is 1.15. The maximum absolute atomic E-state index is 12.4. The third kappa shape index (κ3) is 2.79. The van der Waals surface area contributed by atoms with Crippen molar-refractivity contribution >= 4 is 17.5 Å². The second-order valence-electron chi connectivity index (χ2n) is 5.20. The highest BCUT2D eigenvalue weighted by atomic mass is 35.5. The SMILES string of the molecule is O=C(NC1(CO)CCOCC1)c1cc(Cl)c2c(c1)OCO2. The summed E-state index contributed by atoms with van der Waals surface area (Å²) in [6, 6.07) is 3.13. The first kappa shape index (κ1) is 14.4. The first-order valence-corrected chi connectivity index (χ1v) is 7.12. The second-order valence-corrected chi connectivity index (χ2v) is 5.60. The molecule has 2 N–H and O–H groups in total. The number of rotatable bonds is 3. The number of aliphatic hydroxyl groups is 1. The number of aliphatic hydroxyl groups excluding tert-OH is 1. The molecule has 1 fully saturated rings. The van der Waals surface area contributed by atoms with E-state index in [1.165, 1.54) is 6.07 Å². The minimum atomic E-state index is -0.641. The summed E-state index contributed by atoms with van der Waals surface area (Å²) in [6.45, 7) is 1.00. The van der Waals surface area contributed by atoms with Gasteiger partial charge in [-0.3, -0.25) is 4.79 Å². The Balaban J connectivity index is 1.80. The lowest BCUT2D eigenvalue weighted by Crippen LogP contribution is -2.54. The predicted molar refractivity (Wildman–Crippen MR) is 74.9 cm³/mol. The molecule has 6 nitrogen and oxygen atoms in total. The molecule has 1 saturated heterocycles. The van der Waals surface area contributed by atoms with Crippen molar-refractivity contribution in [3.05, 3.63) is 22.7 Å². The maximum Gasteiger partial charge on any atom is 0.251 e. The van der Waals surface area contributed by atoms with Crippen LogP contribution in [0.4, 0.5) is 0 Å². The molecule has 0 aliphatic carbocycles. The molecule has 7 heteroatoms. The first-order chi connectivity index (χ1) is 10.1. The van der Waals surface area contributed by atoms with Crippen LogP contribution in [0, 0.1) is 0 Å². The summed E-state index contributed by atoms with van der Waals surface area (Å²) in [7, 11) is 0. The molecule has 2 aliphatic rings. The highest BCUT2D eigenvalue weighted by Gasteiger charge is 2.34. The van der Waals surface area contributed by atoms with Crippen LogP contribution in [0.1, 0.15) is 23.2 Å². The van der Waals surface area contributed by atoms with Gasteiger partial charge >= 0.3 is 0 Å². The Kier molecular flexibility index (Phi) is 3.93. The summed E-state index contributed by atoms with van der Waals surface area (Å²) in [5.41, 5.74) is -0.262. The molecule has 0 saturated carbocycles. The monoisotopic (exact) mass is 313 g/mol. The number of carbonyl (C=O) groups excluding carboxylic acids is 1. The topological polar surface area (TPSA) is 77.0 Å². The Bertz CT molecular complexity index is 557. The molecule has 2 heterocycles. The van der Waals surface area contributed by atoms with E-state index < -0.39 is 5.54 Å². The van der Waals surface area contributed by atoms with Crippen molar-refractivity contribution in [1.29, 1.82) is 0 Å². The average Bonchev–Trinajstić information content (AvgIpc) is 2.97. The van der Waals surface area contributed by atoms with Gasteiger partial charge in [0.2, 0.25) is 6.79 Å². The lowest BCUT2D eigenvalue weighted by Gasteiger charge is -2.36. The van der Waals surface area contributed by atoms with Crippen LogP contribution < -0.4 is 14.8 Å². The number of hydrogen-bond acceptors (Lipinski definition) is 5. The smallest absolute Gasteiger partial charge is 0.251 e.